The average molecular weight is 486 g/mol. The number of aromatic nitrogens is 1. The van der Waals surface area contributed by atoms with Crippen LogP contribution in [0.3, 0.4) is 0 Å². The number of amides is 1. The molecule has 1 saturated heterocycles. The van der Waals surface area contributed by atoms with Crippen molar-refractivity contribution in [2.24, 2.45) is 5.92 Å². The largest absolute Gasteiger partial charge is 0.463 e. The van der Waals surface area contributed by atoms with Crippen molar-refractivity contribution in [1.29, 1.82) is 0 Å². The maximum absolute atomic E-state index is 15.7. The van der Waals surface area contributed by atoms with Gasteiger partial charge in [-0.3, -0.25) is 4.79 Å². The summed E-state index contributed by atoms with van der Waals surface area (Å²) in [5.41, 5.74) is 2.17. The minimum atomic E-state index is -0.546. The van der Waals surface area contributed by atoms with Crippen LogP contribution in [0, 0.1) is 18.7 Å². The van der Waals surface area contributed by atoms with E-state index in [0.29, 0.717) is 22.6 Å². The molecule has 1 aromatic carbocycles. The minimum absolute atomic E-state index is 0.228. The Hall–Kier alpha value is -2.81. The Kier molecular flexibility index (Phi) is 7.13. The first-order valence-corrected chi connectivity index (χ1v) is 12.9. The lowest BCUT2D eigenvalue weighted by Gasteiger charge is -2.34. The lowest BCUT2D eigenvalue weighted by atomic mass is 9.85. The number of anilines is 2. The van der Waals surface area contributed by atoms with Crippen molar-refractivity contribution >= 4 is 17.3 Å². The summed E-state index contributed by atoms with van der Waals surface area (Å²) in [4.78, 5) is 17.5. The lowest BCUT2D eigenvalue weighted by Crippen LogP contribution is -2.52. The molecule has 1 saturated carbocycles. The van der Waals surface area contributed by atoms with Crippen LogP contribution >= 0.6 is 0 Å². The van der Waals surface area contributed by atoms with Crippen molar-refractivity contribution in [3.8, 4) is 5.75 Å². The van der Waals surface area contributed by atoms with Crippen molar-refractivity contribution in [2.45, 2.75) is 64.1 Å². The Morgan fingerprint density at radius 1 is 1.14 bits per heavy atom. The number of hydrogen-bond donors (Lipinski definition) is 2. The van der Waals surface area contributed by atoms with Gasteiger partial charge in [-0.2, -0.15) is 0 Å². The van der Waals surface area contributed by atoms with Crippen molar-refractivity contribution in [3.63, 3.8) is 0 Å². The number of benzene rings is 1. The highest BCUT2D eigenvalue weighted by Crippen LogP contribution is 2.41. The molecule has 5 rings (SSSR count). The fourth-order valence-corrected chi connectivity index (χ4v) is 5.57. The minimum Gasteiger partial charge on any atom is -0.463 e. The number of nitrogens with zero attached hydrogens (tertiary/aromatic N) is 3. The number of ether oxygens (including phenoxy) is 1. The van der Waals surface area contributed by atoms with E-state index in [0.717, 1.165) is 51.9 Å². The second-order valence-electron chi connectivity index (χ2n) is 10.2. The maximum Gasteiger partial charge on any atom is 0.256 e. The molecule has 2 aromatic rings. The van der Waals surface area contributed by atoms with Gasteiger partial charge < -0.3 is 29.7 Å². The van der Waals surface area contributed by atoms with Gasteiger partial charge in [-0.25, -0.2) is 4.39 Å². The van der Waals surface area contributed by atoms with E-state index in [2.05, 4.69) is 32.6 Å². The molecule has 9 heteroatoms. The SMILES string of the molecule is Cc1nocc1C(=O)NC(C1CCCCCCC1)C1Nc2ccc(N3CCN(C)CC3)c(F)c2O1. The lowest BCUT2D eigenvalue weighted by molar-refractivity contribution is 0.0829. The molecular weight excluding hydrogens is 449 g/mol. The maximum atomic E-state index is 15.7. The summed E-state index contributed by atoms with van der Waals surface area (Å²) >= 11 is 0. The third-order valence-corrected chi connectivity index (χ3v) is 7.74. The molecule has 190 valence electrons. The van der Waals surface area contributed by atoms with Gasteiger partial charge >= 0.3 is 0 Å². The van der Waals surface area contributed by atoms with Gasteiger partial charge in [-0.15, -0.1) is 0 Å². The predicted molar refractivity (Wildman–Crippen MR) is 132 cm³/mol. The van der Waals surface area contributed by atoms with Crippen molar-refractivity contribution < 1.29 is 18.4 Å². The number of rotatable bonds is 5. The Bertz CT molecular complexity index is 1030. The number of fused-ring (bicyclic) bond motifs is 1. The van der Waals surface area contributed by atoms with Gasteiger partial charge in [0.25, 0.3) is 5.91 Å². The first-order valence-electron chi connectivity index (χ1n) is 12.9. The van der Waals surface area contributed by atoms with E-state index in [1.54, 1.807) is 6.92 Å². The van der Waals surface area contributed by atoms with Gasteiger partial charge in [0.05, 0.1) is 23.1 Å². The summed E-state index contributed by atoms with van der Waals surface area (Å²) in [6, 6.07) is 3.42. The highest BCUT2D eigenvalue weighted by molar-refractivity contribution is 5.95. The number of piperazine rings is 1. The Labute approximate surface area is 206 Å². The molecule has 35 heavy (non-hydrogen) atoms. The zero-order valence-electron chi connectivity index (χ0n) is 20.7. The van der Waals surface area contributed by atoms with Crippen LogP contribution in [-0.4, -0.2) is 61.5 Å². The Morgan fingerprint density at radius 3 is 2.54 bits per heavy atom. The van der Waals surface area contributed by atoms with Crippen LogP contribution in [0.2, 0.25) is 0 Å². The van der Waals surface area contributed by atoms with E-state index in [1.165, 1.54) is 25.5 Å². The molecule has 1 aliphatic carbocycles. The topological polar surface area (TPSA) is 82.9 Å². The third-order valence-electron chi connectivity index (χ3n) is 7.74. The molecule has 1 amide bonds. The standard InChI is InChI=1S/C26H36FN5O3/c1-17-19(16-34-30-17)25(33)29-23(18-8-6-4-3-5-7-9-18)26-28-20-10-11-21(22(27)24(20)35-26)32-14-12-31(2)13-15-32/h10-11,16,18,23,26,28H,3-9,12-15H2,1-2H3,(H,29,33). The number of nitrogens with one attached hydrogen (secondary N) is 2. The number of aryl methyl sites for hydroxylation is 1. The van der Waals surface area contributed by atoms with Crippen LogP contribution in [0.15, 0.2) is 22.9 Å². The van der Waals surface area contributed by atoms with E-state index in [9.17, 15) is 4.79 Å². The van der Waals surface area contributed by atoms with E-state index in [4.69, 9.17) is 9.26 Å². The first-order chi connectivity index (χ1) is 17.0. The molecule has 8 nitrogen and oxygen atoms in total. The number of carbonyl (C=O) groups is 1. The third kappa shape index (κ3) is 5.10. The summed E-state index contributed by atoms with van der Waals surface area (Å²) < 4.78 is 26.9. The molecule has 2 aliphatic heterocycles. The molecule has 3 aliphatic rings. The highest BCUT2D eigenvalue weighted by Gasteiger charge is 2.39. The van der Waals surface area contributed by atoms with E-state index < -0.39 is 6.23 Å². The van der Waals surface area contributed by atoms with Gasteiger partial charge in [-0.05, 0) is 44.9 Å². The van der Waals surface area contributed by atoms with E-state index in [-0.39, 0.29) is 29.4 Å². The monoisotopic (exact) mass is 485 g/mol. The average Bonchev–Trinajstić information content (AvgIpc) is 3.45. The summed E-state index contributed by atoms with van der Waals surface area (Å²) in [5, 5.41) is 10.4. The number of likely N-dealkylation sites (N-methyl/N-ethyl adjacent to an activating group) is 1. The number of halogens is 1. The second-order valence-corrected chi connectivity index (χ2v) is 10.2. The molecule has 1 aromatic heterocycles. The van der Waals surface area contributed by atoms with Crippen LogP contribution in [0.4, 0.5) is 15.8 Å². The first kappa shape index (κ1) is 23.9. The number of carbonyl (C=O) groups excluding carboxylic acids is 1. The normalized spacial score (nSPS) is 22.5. The number of hydrogen-bond acceptors (Lipinski definition) is 7. The van der Waals surface area contributed by atoms with Crippen LogP contribution in [0.1, 0.15) is 61.0 Å². The zero-order valence-corrected chi connectivity index (χ0v) is 20.7. The summed E-state index contributed by atoms with van der Waals surface area (Å²) in [7, 11) is 2.08. The van der Waals surface area contributed by atoms with Crippen LogP contribution in [-0.2, 0) is 0 Å². The van der Waals surface area contributed by atoms with Crippen molar-refractivity contribution in [2.75, 3.05) is 43.4 Å². The van der Waals surface area contributed by atoms with E-state index >= 15 is 4.39 Å². The summed E-state index contributed by atoms with van der Waals surface area (Å²) in [6.45, 7) is 5.11. The molecule has 2 atom stereocenters. The Balaban J connectivity index is 1.38. The van der Waals surface area contributed by atoms with Crippen LogP contribution < -0.4 is 20.3 Å². The smallest absolute Gasteiger partial charge is 0.256 e. The molecule has 2 N–H and O–H groups in total. The predicted octanol–water partition coefficient (Wildman–Crippen LogP) is 4.16. The van der Waals surface area contributed by atoms with Gasteiger partial charge in [-0.1, -0.05) is 37.3 Å². The molecule has 0 radical (unpaired) electrons. The molecule has 3 heterocycles. The van der Waals surface area contributed by atoms with Gasteiger partial charge in [0.15, 0.2) is 17.8 Å². The summed E-state index contributed by atoms with van der Waals surface area (Å²) in [5.74, 6) is -0.0977. The van der Waals surface area contributed by atoms with Crippen molar-refractivity contribution in [3.05, 3.63) is 35.5 Å². The van der Waals surface area contributed by atoms with Crippen molar-refractivity contribution in [1.82, 2.24) is 15.4 Å². The summed E-state index contributed by atoms with van der Waals surface area (Å²) in [6.07, 6.45) is 8.72. The molecule has 0 bridgehead atoms. The molecule has 2 fully saturated rings. The van der Waals surface area contributed by atoms with Gasteiger partial charge in [0.2, 0.25) is 0 Å². The fourth-order valence-electron chi connectivity index (χ4n) is 5.57. The quantitative estimate of drug-likeness (QED) is 0.658. The van der Waals surface area contributed by atoms with Crippen LogP contribution in [0.5, 0.6) is 5.75 Å². The molecule has 0 spiro atoms. The Morgan fingerprint density at radius 2 is 1.86 bits per heavy atom. The molecular formula is C26H36FN5O3. The van der Waals surface area contributed by atoms with Crippen LogP contribution in [0.25, 0.3) is 0 Å². The van der Waals surface area contributed by atoms with E-state index in [1.807, 2.05) is 12.1 Å². The second kappa shape index (κ2) is 10.4. The highest BCUT2D eigenvalue weighted by atomic mass is 19.1. The van der Waals surface area contributed by atoms with Gasteiger partial charge in [0.1, 0.15) is 11.8 Å². The van der Waals surface area contributed by atoms with Gasteiger partial charge in [0, 0.05) is 26.2 Å². The zero-order chi connectivity index (χ0) is 24.4. The molecule has 2 unspecified atom stereocenters. The fraction of sp³-hybridized carbons (Fsp3) is 0.615.